The van der Waals surface area contributed by atoms with E-state index in [2.05, 4.69) is 19.6 Å². The first-order chi connectivity index (χ1) is 11.1. The highest BCUT2D eigenvalue weighted by Crippen LogP contribution is 2.66. The van der Waals surface area contributed by atoms with Gasteiger partial charge in [0.1, 0.15) is 5.78 Å². The summed E-state index contributed by atoms with van der Waals surface area (Å²) in [5, 5.41) is 0. The monoisotopic (exact) mass is 312 g/mol. The van der Waals surface area contributed by atoms with Gasteiger partial charge in [-0.15, -0.1) is 6.58 Å². The maximum absolute atomic E-state index is 12.0. The highest BCUT2D eigenvalue weighted by molar-refractivity contribution is 5.83. The van der Waals surface area contributed by atoms with Crippen molar-refractivity contribution in [3.05, 3.63) is 24.0 Å². The number of ether oxygens (including phenoxy) is 1. The number of rotatable bonds is 1. The van der Waals surface area contributed by atoms with Crippen molar-refractivity contribution >= 4 is 5.78 Å². The molecule has 1 aliphatic heterocycles. The van der Waals surface area contributed by atoms with Crippen molar-refractivity contribution in [3.63, 3.8) is 0 Å². The lowest BCUT2D eigenvalue weighted by Crippen LogP contribution is -2.50. The standard InChI is InChI=1S/C21H28O2/c1-3-13-4-5-15-16-10-19-18-9-14(22)6-7-21(18,11-23-19)17(16)8-12(2)20(13)15/h3,12-13,15-17,20H,1,4-11H2,2H3/t12-,13+,15?,16?,17?,20?,21+/m1/s1. The third kappa shape index (κ3) is 1.73. The highest BCUT2D eigenvalue weighted by atomic mass is 16.5. The lowest BCUT2D eigenvalue weighted by molar-refractivity contribution is -0.122. The fourth-order valence-electron chi connectivity index (χ4n) is 7.39. The van der Waals surface area contributed by atoms with Gasteiger partial charge in [-0.3, -0.25) is 4.79 Å². The minimum Gasteiger partial charge on any atom is -0.497 e. The molecule has 3 fully saturated rings. The zero-order chi connectivity index (χ0) is 15.8. The minimum atomic E-state index is 0.234. The van der Waals surface area contributed by atoms with Crippen LogP contribution in [0.4, 0.5) is 0 Å². The first kappa shape index (κ1) is 14.3. The number of fused-ring (bicyclic) bond motifs is 3. The molecule has 0 radical (unpaired) electrons. The summed E-state index contributed by atoms with van der Waals surface area (Å²) < 4.78 is 6.20. The number of allylic oxidation sites excluding steroid dienone is 2. The van der Waals surface area contributed by atoms with Crippen LogP contribution in [0.15, 0.2) is 24.0 Å². The second-order valence-corrected chi connectivity index (χ2v) is 8.97. The summed E-state index contributed by atoms with van der Waals surface area (Å²) in [6, 6.07) is 0. The van der Waals surface area contributed by atoms with Gasteiger partial charge in [0.25, 0.3) is 0 Å². The average Bonchev–Trinajstić information content (AvgIpc) is 3.09. The van der Waals surface area contributed by atoms with E-state index in [0.717, 1.165) is 61.4 Å². The molecule has 4 aliphatic carbocycles. The largest absolute Gasteiger partial charge is 0.497 e. The van der Waals surface area contributed by atoms with Crippen LogP contribution in [0, 0.1) is 40.9 Å². The maximum Gasteiger partial charge on any atom is 0.137 e. The Kier molecular flexibility index (Phi) is 2.95. The Morgan fingerprint density at radius 1 is 1.30 bits per heavy atom. The molecule has 7 atom stereocenters. The fraction of sp³-hybridized carbons (Fsp3) is 0.762. The van der Waals surface area contributed by atoms with E-state index in [0.29, 0.717) is 12.2 Å². The number of hydrogen-bond acceptors (Lipinski definition) is 2. The van der Waals surface area contributed by atoms with Gasteiger partial charge in [-0.05, 0) is 66.8 Å². The number of Topliss-reactive ketones (excluding diaryl/α,β-unsaturated/α-hetero) is 1. The summed E-state index contributed by atoms with van der Waals surface area (Å²) >= 11 is 0. The maximum atomic E-state index is 12.0. The molecule has 3 saturated carbocycles. The molecule has 2 nitrogen and oxygen atoms in total. The lowest BCUT2D eigenvalue weighted by atomic mass is 9.48. The van der Waals surface area contributed by atoms with Crippen LogP contribution >= 0.6 is 0 Å². The molecule has 0 spiro atoms. The molecule has 0 aromatic rings. The van der Waals surface area contributed by atoms with Gasteiger partial charge >= 0.3 is 0 Å². The molecule has 2 bridgehead atoms. The van der Waals surface area contributed by atoms with Crippen molar-refractivity contribution in [1.82, 2.24) is 0 Å². The number of hydrogen-bond donors (Lipinski definition) is 0. The molecule has 0 aromatic carbocycles. The van der Waals surface area contributed by atoms with Gasteiger partial charge < -0.3 is 4.74 Å². The van der Waals surface area contributed by atoms with Gasteiger partial charge in [0.05, 0.1) is 12.4 Å². The zero-order valence-electron chi connectivity index (χ0n) is 14.2. The lowest BCUT2D eigenvalue weighted by Gasteiger charge is -2.54. The highest BCUT2D eigenvalue weighted by Gasteiger charge is 2.61. The van der Waals surface area contributed by atoms with Crippen molar-refractivity contribution in [2.24, 2.45) is 40.9 Å². The van der Waals surface area contributed by atoms with Crippen LogP contribution in [0.5, 0.6) is 0 Å². The first-order valence-corrected chi connectivity index (χ1v) is 9.63. The Hall–Kier alpha value is -1.05. The molecular formula is C21H28O2. The van der Waals surface area contributed by atoms with E-state index in [9.17, 15) is 4.79 Å². The minimum absolute atomic E-state index is 0.234. The Morgan fingerprint density at radius 2 is 2.17 bits per heavy atom. The molecule has 23 heavy (non-hydrogen) atoms. The van der Waals surface area contributed by atoms with E-state index in [1.54, 1.807) is 0 Å². The molecule has 5 aliphatic rings. The van der Waals surface area contributed by atoms with Gasteiger partial charge in [0.2, 0.25) is 0 Å². The van der Waals surface area contributed by atoms with Gasteiger partial charge in [0.15, 0.2) is 0 Å². The van der Waals surface area contributed by atoms with E-state index in [1.807, 2.05) is 0 Å². The molecule has 0 aromatic heterocycles. The first-order valence-electron chi connectivity index (χ1n) is 9.63. The van der Waals surface area contributed by atoms with Crippen LogP contribution in [0.2, 0.25) is 0 Å². The molecule has 0 saturated heterocycles. The summed E-state index contributed by atoms with van der Waals surface area (Å²) in [5.74, 6) is 6.46. The van der Waals surface area contributed by atoms with Gasteiger partial charge in [-0.2, -0.15) is 0 Å². The zero-order valence-corrected chi connectivity index (χ0v) is 14.2. The fourth-order valence-corrected chi connectivity index (χ4v) is 7.39. The number of ketones is 1. The summed E-state index contributed by atoms with van der Waals surface area (Å²) in [6.45, 7) is 7.47. The Bertz CT molecular complexity index is 603. The quantitative estimate of drug-likeness (QED) is 0.666. The van der Waals surface area contributed by atoms with Gasteiger partial charge in [0, 0.05) is 24.7 Å². The third-order valence-electron chi connectivity index (χ3n) is 8.27. The molecule has 4 unspecified atom stereocenters. The molecule has 0 amide bonds. The predicted molar refractivity (Wildman–Crippen MR) is 89.5 cm³/mol. The van der Waals surface area contributed by atoms with Crippen molar-refractivity contribution in [2.45, 2.75) is 51.9 Å². The summed E-state index contributed by atoms with van der Waals surface area (Å²) in [6.07, 6.45) is 9.93. The Labute approximate surface area is 139 Å². The summed E-state index contributed by atoms with van der Waals surface area (Å²) in [5.41, 5.74) is 1.66. The van der Waals surface area contributed by atoms with E-state index >= 15 is 0 Å². The molecular weight excluding hydrogens is 284 g/mol. The summed E-state index contributed by atoms with van der Waals surface area (Å²) in [4.78, 5) is 12.0. The smallest absolute Gasteiger partial charge is 0.137 e. The van der Waals surface area contributed by atoms with Crippen LogP contribution in [0.25, 0.3) is 0 Å². The van der Waals surface area contributed by atoms with E-state index in [4.69, 9.17) is 4.74 Å². The van der Waals surface area contributed by atoms with Crippen molar-refractivity contribution < 1.29 is 9.53 Å². The molecule has 0 N–H and O–H groups in total. The van der Waals surface area contributed by atoms with Crippen LogP contribution < -0.4 is 0 Å². The average molecular weight is 312 g/mol. The normalized spacial score (nSPS) is 50.9. The second kappa shape index (κ2) is 4.74. The van der Waals surface area contributed by atoms with Crippen LogP contribution in [-0.4, -0.2) is 12.4 Å². The Morgan fingerprint density at radius 3 is 3.00 bits per heavy atom. The topological polar surface area (TPSA) is 26.3 Å². The third-order valence-corrected chi connectivity index (χ3v) is 8.27. The van der Waals surface area contributed by atoms with Crippen molar-refractivity contribution in [1.29, 1.82) is 0 Å². The van der Waals surface area contributed by atoms with E-state index < -0.39 is 0 Å². The molecule has 2 heteroatoms. The molecule has 1 heterocycles. The SMILES string of the molecule is C=C[C@H]1CCC2C3CC4=C5CC(=O)CC[C@]5(CO4)C3C[C@@H](C)C21. The number of carbonyl (C=O) groups is 1. The predicted octanol–water partition coefficient (Wildman–Crippen LogP) is 4.51. The van der Waals surface area contributed by atoms with Crippen LogP contribution in [0.3, 0.4) is 0 Å². The van der Waals surface area contributed by atoms with Crippen LogP contribution in [0.1, 0.15) is 51.9 Å². The van der Waals surface area contributed by atoms with Gasteiger partial charge in [-0.1, -0.05) is 13.0 Å². The summed E-state index contributed by atoms with van der Waals surface area (Å²) in [7, 11) is 0. The Balaban J connectivity index is 1.56. The molecule has 5 rings (SSSR count). The molecule has 124 valence electrons. The second-order valence-electron chi connectivity index (χ2n) is 8.97. The van der Waals surface area contributed by atoms with E-state index in [-0.39, 0.29) is 5.41 Å². The van der Waals surface area contributed by atoms with Crippen molar-refractivity contribution in [2.75, 3.05) is 6.61 Å². The van der Waals surface area contributed by atoms with Gasteiger partial charge in [-0.25, -0.2) is 0 Å². The van der Waals surface area contributed by atoms with Crippen LogP contribution in [-0.2, 0) is 9.53 Å². The van der Waals surface area contributed by atoms with E-state index in [1.165, 1.54) is 30.6 Å². The van der Waals surface area contributed by atoms with Crippen molar-refractivity contribution in [3.8, 4) is 0 Å². The number of carbonyl (C=O) groups excluding carboxylic acids is 1.